The van der Waals surface area contributed by atoms with E-state index in [0.29, 0.717) is 13.3 Å². The number of fused-ring (bicyclic) bond motifs is 1. The van der Waals surface area contributed by atoms with Gasteiger partial charge < -0.3 is 15.2 Å². The SMILES string of the molecule is Cc1cc2c(c(C3(CN)CCCC3)c1)OCO2. The first-order valence-corrected chi connectivity index (χ1v) is 6.36. The summed E-state index contributed by atoms with van der Waals surface area (Å²) in [5.74, 6) is 1.82. The van der Waals surface area contributed by atoms with Gasteiger partial charge in [-0.25, -0.2) is 0 Å². The Morgan fingerprint density at radius 2 is 2.00 bits per heavy atom. The molecule has 3 heteroatoms. The highest BCUT2D eigenvalue weighted by atomic mass is 16.7. The van der Waals surface area contributed by atoms with Crippen molar-refractivity contribution in [3.8, 4) is 11.5 Å². The van der Waals surface area contributed by atoms with Crippen LogP contribution in [0.1, 0.15) is 36.8 Å². The van der Waals surface area contributed by atoms with E-state index < -0.39 is 0 Å². The van der Waals surface area contributed by atoms with Crippen LogP contribution in [0.3, 0.4) is 0 Å². The van der Waals surface area contributed by atoms with Crippen molar-refractivity contribution >= 4 is 0 Å². The molecule has 0 spiro atoms. The van der Waals surface area contributed by atoms with Gasteiger partial charge in [0.2, 0.25) is 6.79 Å². The standard InChI is InChI=1S/C14H19NO2/c1-10-6-11(13-12(7-10)16-9-17-13)14(8-15)4-2-3-5-14/h6-7H,2-5,8-9,15H2,1H3. The summed E-state index contributed by atoms with van der Waals surface area (Å²) in [5.41, 5.74) is 8.66. The number of hydrogen-bond donors (Lipinski definition) is 1. The predicted molar refractivity (Wildman–Crippen MR) is 66.5 cm³/mol. The van der Waals surface area contributed by atoms with Gasteiger partial charge in [-0.15, -0.1) is 0 Å². The maximum Gasteiger partial charge on any atom is 0.231 e. The maximum absolute atomic E-state index is 6.05. The molecule has 0 amide bonds. The van der Waals surface area contributed by atoms with Gasteiger partial charge in [0.15, 0.2) is 11.5 Å². The summed E-state index contributed by atoms with van der Waals surface area (Å²) in [6, 6.07) is 4.27. The van der Waals surface area contributed by atoms with Crippen molar-refractivity contribution in [3.63, 3.8) is 0 Å². The Morgan fingerprint density at radius 3 is 2.71 bits per heavy atom. The van der Waals surface area contributed by atoms with Gasteiger partial charge in [-0.2, -0.15) is 0 Å². The molecule has 0 saturated heterocycles. The highest BCUT2D eigenvalue weighted by Crippen LogP contribution is 2.48. The molecule has 1 fully saturated rings. The van der Waals surface area contributed by atoms with E-state index in [2.05, 4.69) is 13.0 Å². The molecule has 1 aromatic rings. The minimum atomic E-state index is 0.115. The summed E-state index contributed by atoms with van der Waals surface area (Å²) in [4.78, 5) is 0. The Hall–Kier alpha value is -1.22. The molecular weight excluding hydrogens is 214 g/mol. The second kappa shape index (κ2) is 3.91. The molecule has 1 heterocycles. The summed E-state index contributed by atoms with van der Waals surface area (Å²) in [5, 5.41) is 0. The van der Waals surface area contributed by atoms with Gasteiger partial charge in [0.1, 0.15) is 0 Å². The van der Waals surface area contributed by atoms with Crippen molar-refractivity contribution in [3.05, 3.63) is 23.3 Å². The molecule has 0 aromatic heterocycles. The average molecular weight is 233 g/mol. The van der Waals surface area contributed by atoms with Crippen LogP contribution in [0.25, 0.3) is 0 Å². The van der Waals surface area contributed by atoms with Crippen LogP contribution < -0.4 is 15.2 Å². The van der Waals surface area contributed by atoms with Crippen molar-refractivity contribution in [1.82, 2.24) is 0 Å². The number of aryl methyl sites for hydroxylation is 1. The Morgan fingerprint density at radius 1 is 1.24 bits per heavy atom. The fraction of sp³-hybridized carbons (Fsp3) is 0.571. The second-order valence-electron chi connectivity index (χ2n) is 5.24. The molecule has 3 nitrogen and oxygen atoms in total. The third kappa shape index (κ3) is 1.61. The minimum Gasteiger partial charge on any atom is -0.454 e. The number of benzene rings is 1. The fourth-order valence-corrected chi connectivity index (χ4v) is 3.18. The number of ether oxygens (including phenoxy) is 2. The van der Waals surface area contributed by atoms with E-state index in [4.69, 9.17) is 15.2 Å². The van der Waals surface area contributed by atoms with Gasteiger partial charge in [0.25, 0.3) is 0 Å². The Kier molecular flexibility index (Phi) is 2.51. The zero-order valence-corrected chi connectivity index (χ0v) is 10.3. The lowest BCUT2D eigenvalue weighted by molar-refractivity contribution is 0.172. The summed E-state index contributed by atoms with van der Waals surface area (Å²) in [6.45, 7) is 3.14. The third-order valence-corrected chi connectivity index (χ3v) is 4.14. The number of hydrogen-bond acceptors (Lipinski definition) is 3. The molecule has 0 bridgehead atoms. The van der Waals surface area contributed by atoms with Gasteiger partial charge >= 0.3 is 0 Å². The van der Waals surface area contributed by atoms with Gasteiger partial charge in [0.05, 0.1) is 0 Å². The molecule has 0 atom stereocenters. The molecule has 1 aliphatic carbocycles. The van der Waals surface area contributed by atoms with Crippen molar-refractivity contribution in [2.45, 2.75) is 38.0 Å². The van der Waals surface area contributed by atoms with E-state index in [-0.39, 0.29) is 5.41 Å². The first kappa shape index (κ1) is 10.9. The van der Waals surface area contributed by atoms with E-state index in [1.807, 2.05) is 6.07 Å². The van der Waals surface area contributed by atoms with Crippen LogP contribution in [0, 0.1) is 6.92 Å². The molecule has 17 heavy (non-hydrogen) atoms. The summed E-state index contributed by atoms with van der Waals surface area (Å²) in [6.07, 6.45) is 4.87. The van der Waals surface area contributed by atoms with Crippen molar-refractivity contribution in [2.24, 2.45) is 5.73 Å². The van der Waals surface area contributed by atoms with E-state index in [9.17, 15) is 0 Å². The van der Waals surface area contributed by atoms with E-state index in [0.717, 1.165) is 11.5 Å². The van der Waals surface area contributed by atoms with Crippen LogP contribution in [0.4, 0.5) is 0 Å². The minimum absolute atomic E-state index is 0.115. The molecule has 3 rings (SSSR count). The summed E-state index contributed by atoms with van der Waals surface area (Å²) >= 11 is 0. The molecule has 0 radical (unpaired) electrons. The molecule has 92 valence electrons. The highest BCUT2D eigenvalue weighted by Gasteiger charge is 2.38. The van der Waals surface area contributed by atoms with E-state index >= 15 is 0 Å². The van der Waals surface area contributed by atoms with Crippen molar-refractivity contribution in [1.29, 1.82) is 0 Å². The summed E-state index contributed by atoms with van der Waals surface area (Å²) < 4.78 is 11.2. The monoisotopic (exact) mass is 233 g/mol. The molecule has 1 saturated carbocycles. The molecule has 1 aromatic carbocycles. The van der Waals surface area contributed by atoms with Gasteiger partial charge in [-0.3, -0.25) is 0 Å². The van der Waals surface area contributed by atoms with E-state index in [1.54, 1.807) is 0 Å². The van der Waals surface area contributed by atoms with Crippen LogP contribution in [0.2, 0.25) is 0 Å². The molecule has 0 unspecified atom stereocenters. The number of rotatable bonds is 2. The smallest absolute Gasteiger partial charge is 0.231 e. The van der Waals surface area contributed by atoms with Crippen LogP contribution in [-0.2, 0) is 5.41 Å². The lowest BCUT2D eigenvalue weighted by Gasteiger charge is -2.29. The van der Waals surface area contributed by atoms with Crippen molar-refractivity contribution < 1.29 is 9.47 Å². The lowest BCUT2D eigenvalue weighted by Crippen LogP contribution is -2.32. The number of nitrogens with two attached hydrogens (primary N) is 1. The largest absolute Gasteiger partial charge is 0.454 e. The second-order valence-corrected chi connectivity index (χ2v) is 5.24. The van der Waals surface area contributed by atoms with Gasteiger partial charge in [-0.05, 0) is 31.4 Å². The lowest BCUT2D eigenvalue weighted by atomic mass is 9.78. The zero-order chi connectivity index (χ0) is 11.9. The van der Waals surface area contributed by atoms with E-state index in [1.165, 1.54) is 36.8 Å². The zero-order valence-electron chi connectivity index (χ0n) is 10.3. The third-order valence-electron chi connectivity index (χ3n) is 4.14. The topological polar surface area (TPSA) is 44.5 Å². The summed E-state index contributed by atoms with van der Waals surface area (Å²) in [7, 11) is 0. The Balaban J connectivity index is 2.13. The molecule has 1 aliphatic heterocycles. The molecule has 2 N–H and O–H groups in total. The van der Waals surface area contributed by atoms with Gasteiger partial charge in [-0.1, -0.05) is 18.9 Å². The first-order valence-electron chi connectivity index (χ1n) is 6.36. The van der Waals surface area contributed by atoms with Crippen LogP contribution >= 0.6 is 0 Å². The van der Waals surface area contributed by atoms with Gasteiger partial charge in [0, 0.05) is 17.5 Å². The van der Waals surface area contributed by atoms with Crippen molar-refractivity contribution in [2.75, 3.05) is 13.3 Å². The average Bonchev–Trinajstić information content (AvgIpc) is 2.96. The molecule has 2 aliphatic rings. The Labute approximate surface area is 102 Å². The molecular formula is C14H19NO2. The maximum atomic E-state index is 6.05. The normalized spacial score (nSPS) is 20.8. The Bertz CT molecular complexity index is 436. The fourth-order valence-electron chi connectivity index (χ4n) is 3.18. The van der Waals surface area contributed by atoms with Crippen LogP contribution in [0.5, 0.6) is 11.5 Å². The predicted octanol–water partition coefficient (Wildman–Crippen LogP) is 2.49. The highest BCUT2D eigenvalue weighted by molar-refractivity contribution is 5.54. The first-order chi connectivity index (χ1) is 8.25. The van der Waals surface area contributed by atoms with Crippen LogP contribution in [0.15, 0.2) is 12.1 Å². The van der Waals surface area contributed by atoms with Crippen LogP contribution in [-0.4, -0.2) is 13.3 Å². The quantitative estimate of drug-likeness (QED) is 0.853.